The number of ether oxygens (including phenoxy) is 1. The van der Waals surface area contributed by atoms with Crippen LogP contribution in [0.15, 0.2) is 64.6 Å². The van der Waals surface area contributed by atoms with Crippen molar-refractivity contribution in [2.24, 2.45) is 0 Å². The van der Waals surface area contributed by atoms with Crippen molar-refractivity contribution in [1.29, 1.82) is 0 Å². The van der Waals surface area contributed by atoms with Crippen LogP contribution >= 0.6 is 11.8 Å². The molecular weight excluding hydrogens is 380 g/mol. The molecule has 0 saturated heterocycles. The van der Waals surface area contributed by atoms with Crippen molar-refractivity contribution in [3.05, 3.63) is 66.6 Å². The van der Waals surface area contributed by atoms with Gasteiger partial charge in [-0.1, -0.05) is 18.2 Å². The maximum Gasteiger partial charge on any atom is 0.340 e. The molecule has 0 spiro atoms. The van der Waals surface area contributed by atoms with Gasteiger partial charge in [0.15, 0.2) is 6.10 Å². The first-order chi connectivity index (χ1) is 13.5. The van der Waals surface area contributed by atoms with Gasteiger partial charge in [-0.05, 0) is 31.2 Å². The normalized spacial score (nSPS) is 11.3. The predicted octanol–water partition coefficient (Wildman–Crippen LogP) is 2.54. The number of thioether (sulfide) groups is 1. The third-order valence-electron chi connectivity index (χ3n) is 3.58. The van der Waals surface area contributed by atoms with Crippen molar-refractivity contribution in [1.82, 2.24) is 10.6 Å². The quantitative estimate of drug-likeness (QED) is 0.360. The number of furan rings is 1. The van der Waals surface area contributed by atoms with Gasteiger partial charge in [0.1, 0.15) is 5.76 Å². The number of amides is 2. The maximum absolute atomic E-state index is 12.4. The van der Waals surface area contributed by atoms with E-state index in [1.807, 2.05) is 0 Å². The number of hydrogen-bond donors (Lipinski definition) is 2. The van der Waals surface area contributed by atoms with Crippen LogP contribution in [0.5, 0.6) is 0 Å². The molecule has 0 radical (unpaired) electrons. The molecule has 0 aliphatic rings. The third kappa shape index (κ3) is 6.62. The zero-order valence-corrected chi connectivity index (χ0v) is 16.3. The van der Waals surface area contributed by atoms with E-state index in [2.05, 4.69) is 17.2 Å². The summed E-state index contributed by atoms with van der Waals surface area (Å²) in [6, 6.07) is 10.3. The van der Waals surface area contributed by atoms with E-state index in [4.69, 9.17) is 9.15 Å². The van der Waals surface area contributed by atoms with Crippen LogP contribution in [-0.4, -0.2) is 36.2 Å². The molecule has 1 aromatic carbocycles. The molecule has 1 heterocycles. The van der Waals surface area contributed by atoms with Gasteiger partial charge in [-0.3, -0.25) is 9.59 Å². The number of rotatable bonds is 10. The number of benzene rings is 1. The second kappa shape index (κ2) is 11.0. The topological polar surface area (TPSA) is 97.6 Å². The minimum Gasteiger partial charge on any atom is -0.467 e. The van der Waals surface area contributed by atoms with Crippen LogP contribution in [0.4, 0.5) is 0 Å². The Hall–Kier alpha value is -3.00. The molecule has 0 bridgehead atoms. The lowest BCUT2D eigenvalue weighted by Crippen LogP contribution is -2.35. The van der Waals surface area contributed by atoms with Gasteiger partial charge in [-0.2, -0.15) is 0 Å². The van der Waals surface area contributed by atoms with Crippen LogP contribution in [0.25, 0.3) is 0 Å². The van der Waals surface area contributed by atoms with Crippen LogP contribution < -0.4 is 10.6 Å². The summed E-state index contributed by atoms with van der Waals surface area (Å²) in [6.45, 7) is 5.60. The number of hydrogen-bond acceptors (Lipinski definition) is 6. The van der Waals surface area contributed by atoms with E-state index >= 15 is 0 Å². The molecular formula is C20H22N2O5S. The van der Waals surface area contributed by atoms with Crippen LogP contribution in [0.3, 0.4) is 0 Å². The van der Waals surface area contributed by atoms with Gasteiger partial charge in [0.25, 0.3) is 5.91 Å². The lowest BCUT2D eigenvalue weighted by molar-refractivity contribution is -0.128. The molecule has 0 aliphatic carbocycles. The van der Waals surface area contributed by atoms with E-state index in [9.17, 15) is 14.4 Å². The van der Waals surface area contributed by atoms with E-state index in [1.54, 1.807) is 36.4 Å². The highest BCUT2D eigenvalue weighted by molar-refractivity contribution is 8.00. The number of carbonyl (C=O) groups excluding carboxylic acids is 3. The Morgan fingerprint density at radius 1 is 1.21 bits per heavy atom. The van der Waals surface area contributed by atoms with Gasteiger partial charge in [0.2, 0.25) is 5.91 Å². The van der Waals surface area contributed by atoms with Crippen molar-refractivity contribution in [2.45, 2.75) is 24.5 Å². The first kappa shape index (κ1) is 21.3. The van der Waals surface area contributed by atoms with Crippen LogP contribution in [0, 0.1) is 0 Å². The molecule has 2 rings (SSSR count). The summed E-state index contributed by atoms with van der Waals surface area (Å²) < 4.78 is 10.4. The van der Waals surface area contributed by atoms with E-state index < -0.39 is 18.0 Å². The summed E-state index contributed by atoms with van der Waals surface area (Å²) in [7, 11) is 0. The summed E-state index contributed by atoms with van der Waals surface area (Å²) >= 11 is 1.21. The van der Waals surface area contributed by atoms with Crippen LogP contribution in [0.1, 0.15) is 23.0 Å². The standard InChI is InChI=1S/C20H22N2O5S/c1-3-10-21-19(24)14(2)27-20(25)16-8-4-5-9-17(16)28-13-18(23)22-12-15-7-6-11-26-15/h3-9,11,14H,1,10,12-13H2,2H3,(H,21,24)(H,22,23)/t14-/m1/s1. The molecule has 28 heavy (non-hydrogen) atoms. The zero-order chi connectivity index (χ0) is 20.4. The molecule has 0 saturated carbocycles. The SMILES string of the molecule is C=CCNC(=O)[C@@H](C)OC(=O)c1ccccc1SCC(=O)NCc1ccco1. The van der Waals surface area contributed by atoms with Crippen molar-refractivity contribution in [3.63, 3.8) is 0 Å². The molecule has 2 N–H and O–H groups in total. The van der Waals surface area contributed by atoms with Crippen molar-refractivity contribution in [3.8, 4) is 0 Å². The molecule has 2 aromatic rings. The zero-order valence-electron chi connectivity index (χ0n) is 15.5. The van der Waals surface area contributed by atoms with Gasteiger partial charge in [0.05, 0.1) is 24.1 Å². The first-order valence-electron chi connectivity index (χ1n) is 8.61. The Labute approximate surface area is 167 Å². The van der Waals surface area contributed by atoms with Gasteiger partial charge < -0.3 is 19.8 Å². The Morgan fingerprint density at radius 2 is 2.00 bits per heavy atom. The summed E-state index contributed by atoms with van der Waals surface area (Å²) in [5, 5.41) is 5.31. The monoisotopic (exact) mass is 402 g/mol. The maximum atomic E-state index is 12.4. The highest BCUT2D eigenvalue weighted by Gasteiger charge is 2.20. The fraction of sp³-hybridized carbons (Fsp3) is 0.250. The lowest BCUT2D eigenvalue weighted by atomic mass is 10.2. The average Bonchev–Trinajstić information content (AvgIpc) is 3.22. The van der Waals surface area contributed by atoms with Crippen molar-refractivity contribution in [2.75, 3.05) is 12.3 Å². The molecule has 2 amide bonds. The van der Waals surface area contributed by atoms with E-state index in [0.29, 0.717) is 29.3 Å². The molecule has 148 valence electrons. The third-order valence-corrected chi connectivity index (χ3v) is 4.65. The molecule has 0 fully saturated rings. The molecule has 0 aliphatic heterocycles. The largest absolute Gasteiger partial charge is 0.467 e. The summed E-state index contributed by atoms with van der Waals surface area (Å²) in [5.41, 5.74) is 0.301. The van der Waals surface area contributed by atoms with E-state index in [-0.39, 0.29) is 11.7 Å². The lowest BCUT2D eigenvalue weighted by Gasteiger charge is -2.14. The number of esters is 1. The Morgan fingerprint density at radius 3 is 2.71 bits per heavy atom. The minimum absolute atomic E-state index is 0.125. The number of carbonyl (C=O) groups is 3. The molecule has 0 unspecified atom stereocenters. The Bertz CT molecular complexity index is 820. The van der Waals surface area contributed by atoms with Crippen molar-refractivity contribution < 1.29 is 23.5 Å². The summed E-state index contributed by atoms with van der Waals surface area (Å²) in [4.78, 5) is 36.9. The molecule has 1 atom stereocenters. The second-order valence-electron chi connectivity index (χ2n) is 5.72. The fourth-order valence-corrected chi connectivity index (χ4v) is 3.02. The van der Waals surface area contributed by atoms with Gasteiger partial charge in [0, 0.05) is 11.4 Å². The summed E-state index contributed by atoms with van der Waals surface area (Å²) in [5.74, 6) is -0.441. The molecule has 1 aromatic heterocycles. The smallest absolute Gasteiger partial charge is 0.340 e. The van der Waals surface area contributed by atoms with Gasteiger partial charge >= 0.3 is 5.97 Å². The van der Waals surface area contributed by atoms with E-state index in [1.165, 1.54) is 31.0 Å². The predicted molar refractivity (Wildman–Crippen MR) is 106 cm³/mol. The van der Waals surface area contributed by atoms with Crippen LogP contribution in [-0.2, 0) is 20.9 Å². The highest BCUT2D eigenvalue weighted by Crippen LogP contribution is 2.23. The first-order valence-corrected chi connectivity index (χ1v) is 9.60. The average molecular weight is 402 g/mol. The highest BCUT2D eigenvalue weighted by atomic mass is 32.2. The Kier molecular flexibility index (Phi) is 8.36. The molecule has 7 nitrogen and oxygen atoms in total. The minimum atomic E-state index is -0.942. The molecule has 8 heteroatoms. The van der Waals surface area contributed by atoms with Gasteiger partial charge in [-0.25, -0.2) is 4.79 Å². The van der Waals surface area contributed by atoms with E-state index in [0.717, 1.165) is 0 Å². The van der Waals surface area contributed by atoms with Gasteiger partial charge in [-0.15, -0.1) is 18.3 Å². The Balaban J connectivity index is 1.90. The van der Waals surface area contributed by atoms with Crippen molar-refractivity contribution >= 4 is 29.5 Å². The number of nitrogens with one attached hydrogen (secondary N) is 2. The second-order valence-corrected chi connectivity index (χ2v) is 6.74. The fourth-order valence-electron chi connectivity index (χ4n) is 2.15. The van der Waals surface area contributed by atoms with Crippen LogP contribution in [0.2, 0.25) is 0 Å². The summed E-state index contributed by atoms with van der Waals surface area (Å²) in [6.07, 6.45) is 2.13.